The van der Waals surface area contributed by atoms with E-state index in [-0.39, 0.29) is 31.4 Å². The predicted octanol–water partition coefficient (Wildman–Crippen LogP) is 0.691. The highest BCUT2D eigenvalue weighted by atomic mass is 19.4. The third kappa shape index (κ3) is 4.70. The molecule has 2 amide bonds. The van der Waals surface area contributed by atoms with Gasteiger partial charge in [0.2, 0.25) is 11.8 Å². The number of nitrogens with one attached hydrogen (secondary N) is 1. The minimum absolute atomic E-state index is 0.105. The lowest BCUT2D eigenvalue weighted by atomic mass is 10.1. The molecule has 1 fully saturated rings. The average molecular weight is 282 g/mol. The molecule has 0 spiro atoms. The van der Waals surface area contributed by atoms with E-state index >= 15 is 0 Å². The number of carbonyl (C=O) groups is 2. The van der Waals surface area contributed by atoms with Gasteiger partial charge in [0.05, 0.1) is 0 Å². The van der Waals surface area contributed by atoms with Gasteiger partial charge in [-0.2, -0.15) is 13.2 Å². The molecule has 0 aromatic rings. The third-order valence-corrected chi connectivity index (χ3v) is 2.81. The monoisotopic (exact) mass is 282 g/mol. The average Bonchev–Trinajstić information content (AvgIpc) is 2.29. The van der Waals surface area contributed by atoms with E-state index in [1.165, 1.54) is 4.90 Å². The first-order chi connectivity index (χ1) is 8.72. The van der Waals surface area contributed by atoms with E-state index in [1.54, 1.807) is 13.8 Å². The molecule has 110 valence electrons. The van der Waals surface area contributed by atoms with Crippen LogP contribution in [-0.4, -0.2) is 54.7 Å². The van der Waals surface area contributed by atoms with Crippen LogP contribution in [0.3, 0.4) is 0 Å². The Labute approximate surface area is 109 Å². The number of rotatable bonds is 5. The van der Waals surface area contributed by atoms with Crippen molar-refractivity contribution in [2.45, 2.75) is 38.5 Å². The summed E-state index contributed by atoms with van der Waals surface area (Å²) < 4.78 is 39.9. The van der Waals surface area contributed by atoms with E-state index in [9.17, 15) is 22.8 Å². The first kappa shape index (κ1) is 15.7. The molecule has 0 aromatic carbocycles. The van der Waals surface area contributed by atoms with Gasteiger partial charge >= 0.3 is 6.18 Å². The van der Waals surface area contributed by atoms with Crippen molar-refractivity contribution in [1.82, 2.24) is 10.2 Å². The molecule has 1 N–H and O–H groups in total. The van der Waals surface area contributed by atoms with Crippen LogP contribution in [0, 0.1) is 0 Å². The van der Waals surface area contributed by atoms with E-state index in [4.69, 9.17) is 0 Å². The van der Waals surface area contributed by atoms with Gasteiger partial charge in [-0.3, -0.25) is 9.59 Å². The standard InChI is InChI=1S/C11H17F3N2O3/c1-7-10(18)16(8(2)9(17)15-7)4-3-5-19-6-11(12,13)14/h7-8H,3-6H2,1-2H3,(H,15,17). The third-order valence-electron chi connectivity index (χ3n) is 2.81. The maximum atomic E-state index is 11.8. The molecule has 0 saturated carbocycles. The predicted molar refractivity (Wildman–Crippen MR) is 60.3 cm³/mol. The van der Waals surface area contributed by atoms with Crippen molar-refractivity contribution in [2.24, 2.45) is 0 Å². The Morgan fingerprint density at radius 1 is 1.32 bits per heavy atom. The molecule has 0 bridgehead atoms. The van der Waals surface area contributed by atoms with Crippen molar-refractivity contribution in [2.75, 3.05) is 19.8 Å². The molecule has 1 saturated heterocycles. The molecule has 0 aromatic heterocycles. The topological polar surface area (TPSA) is 58.6 Å². The number of amides is 2. The van der Waals surface area contributed by atoms with E-state index in [0.29, 0.717) is 0 Å². The summed E-state index contributed by atoms with van der Waals surface area (Å²) >= 11 is 0. The maximum absolute atomic E-state index is 11.8. The second-order valence-corrected chi connectivity index (χ2v) is 4.46. The maximum Gasteiger partial charge on any atom is 0.411 e. The van der Waals surface area contributed by atoms with Crippen molar-refractivity contribution in [3.8, 4) is 0 Å². The van der Waals surface area contributed by atoms with Crippen LogP contribution in [0.5, 0.6) is 0 Å². The summed E-state index contributed by atoms with van der Waals surface area (Å²) in [4.78, 5) is 24.7. The molecule has 2 unspecified atom stereocenters. The number of nitrogens with zero attached hydrogens (tertiary/aromatic N) is 1. The quantitative estimate of drug-likeness (QED) is 0.755. The molecule has 8 heteroatoms. The normalized spacial score (nSPS) is 24.6. The fourth-order valence-corrected chi connectivity index (χ4v) is 1.81. The Morgan fingerprint density at radius 2 is 1.95 bits per heavy atom. The van der Waals surface area contributed by atoms with Crippen molar-refractivity contribution in [3.63, 3.8) is 0 Å². The number of piperazine rings is 1. The van der Waals surface area contributed by atoms with Gasteiger partial charge in [-0.25, -0.2) is 0 Å². The first-order valence-corrected chi connectivity index (χ1v) is 5.97. The number of ether oxygens (including phenoxy) is 1. The molecular formula is C11H17F3N2O3. The minimum atomic E-state index is -4.34. The number of alkyl halides is 3. The molecule has 0 radical (unpaired) electrons. The summed E-state index contributed by atoms with van der Waals surface area (Å²) in [5.41, 5.74) is 0. The molecule has 0 aliphatic carbocycles. The lowest BCUT2D eigenvalue weighted by Crippen LogP contribution is -2.61. The van der Waals surface area contributed by atoms with Gasteiger partial charge in [-0.1, -0.05) is 0 Å². The fourth-order valence-electron chi connectivity index (χ4n) is 1.81. The van der Waals surface area contributed by atoms with Crippen LogP contribution >= 0.6 is 0 Å². The van der Waals surface area contributed by atoms with Gasteiger partial charge in [0, 0.05) is 13.2 Å². The van der Waals surface area contributed by atoms with Gasteiger partial charge < -0.3 is 15.0 Å². The Hall–Kier alpha value is -1.31. The molecule has 2 atom stereocenters. The largest absolute Gasteiger partial charge is 0.411 e. The molecular weight excluding hydrogens is 265 g/mol. The zero-order valence-electron chi connectivity index (χ0n) is 10.8. The Kier molecular flexibility index (Phi) is 5.16. The minimum Gasteiger partial charge on any atom is -0.372 e. The fraction of sp³-hybridized carbons (Fsp3) is 0.818. The molecule has 19 heavy (non-hydrogen) atoms. The van der Waals surface area contributed by atoms with Gasteiger partial charge in [-0.15, -0.1) is 0 Å². The van der Waals surface area contributed by atoms with Crippen LogP contribution in [0.1, 0.15) is 20.3 Å². The lowest BCUT2D eigenvalue weighted by molar-refractivity contribution is -0.174. The first-order valence-electron chi connectivity index (χ1n) is 5.97. The van der Waals surface area contributed by atoms with Crippen LogP contribution in [0.2, 0.25) is 0 Å². The number of hydrogen-bond donors (Lipinski definition) is 1. The van der Waals surface area contributed by atoms with Crippen LogP contribution in [0.15, 0.2) is 0 Å². The second kappa shape index (κ2) is 6.23. The van der Waals surface area contributed by atoms with E-state index < -0.39 is 24.9 Å². The van der Waals surface area contributed by atoms with Gasteiger partial charge in [0.25, 0.3) is 0 Å². The van der Waals surface area contributed by atoms with Crippen molar-refractivity contribution < 1.29 is 27.5 Å². The number of hydrogen-bond acceptors (Lipinski definition) is 3. The summed E-state index contributed by atoms with van der Waals surface area (Å²) in [7, 11) is 0. The SMILES string of the molecule is CC1NC(=O)C(C)N(CCCOCC(F)(F)F)C1=O. The lowest BCUT2D eigenvalue weighted by Gasteiger charge is -2.36. The van der Waals surface area contributed by atoms with Crippen LogP contribution in [0.25, 0.3) is 0 Å². The van der Waals surface area contributed by atoms with Gasteiger partial charge in [0.1, 0.15) is 18.7 Å². The zero-order valence-corrected chi connectivity index (χ0v) is 10.8. The highest BCUT2D eigenvalue weighted by molar-refractivity contribution is 5.96. The number of carbonyl (C=O) groups excluding carboxylic acids is 2. The summed E-state index contributed by atoms with van der Waals surface area (Å²) in [5.74, 6) is -0.494. The Morgan fingerprint density at radius 3 is 2.53 bits per heavy atom. The molecule has 5 nitrogen and oxygen atoms in total. The van der Waals surface area contributed by atoms with Gasteiger partial charge in [0.15, 0.2) is 0 Å². The van der Waals surface area contributed by atoms with E-state index in [1.807, 2.05) is 0 Å². The molecule has 1 aliphatic heterocycles. The molecule has 1 rings (SSSR count). The van der Waals surface area contributed by atoms with Crippen LogP contribution < -0.4 is 5.32 Å². The molecule has 1 aliphatic rings. The highest BCUT2D eigenvalue weighted by Crippen LogP contribution is 2.15. The van der Waals surface area contributed by atoms with E-state index in [0.717, 1.165) is 0 Å². The summed E-state index contributed by atoms with van der Waals surface area (Å²) in [6, 6.07) is -1.20. The summed E-state index contributed by atoms with van der Waals surface area (Å²) in [6.45, 7) is 1.95. The van der Waals surface area contributed by atoms with Gasteiger partial charge in [-0.05, 0) is 20.3 Å². The second-order valence-electron chi connectivity index (χ2n) is 4.46. The van der Waals surface area contributed by atoms with E-state index in [2.05, 4.69) is 10.1 Å². The van der Waals surface area contributed by atoms with Crippen LogP contribution in [-0.2, 0) is 14.3 Å². The molecule has 1 heterocycles. The summed E-state index contributed by atoms with van der Waals surface area (Å²) in [5, 5.41) is 2.52. The zero-order chi connectivity index (χ0) is 14.6. The number of halogens is 3. The van der Waals surface area contributed by atoms with Crippen molar-refractivity contribution in [3.05, 3.63) is 0 Å². The highest BCUT2D eigenvalue weighted by Gasteiger charge is 2.35. The Bertz CT molecular complexity index is 347. The van der Waals surface area contributed by atoms with Crippen LogP contribution in [0.4, 0.5) is 13.2 Å². The van der Waals surface area contributed by atoms with Crippen molar-refractivity contribution in [1.29, 1.82) is 0 Å². The smallest absolute Gasteiger partial charge is 0.372 e. The Balaban J connectivity index is 2.34. The van der Waals surface area contributed by atoms with Crippen molar-refractivity contribution >= 4 is 11.8 Å². The summed E-state index contributed by atoms with van der Waals surface area (Å²) in [6.07, 6.45) is -4.09.